The van der Waals surface area contributed by atoms with Gasteiger partial charge in [0, 0.05) is 68.6 Å². The molecule has 2 atom stereocenters. The van der Waals surface area contributed by atoms with Crippen molar-refractivity contribution in [3.63, 3.8) is 0 Å². The third-order valence-corrected chi connectivity index (χ3v) is 6.67. The highest BCUT2D eigenvalue weighted by molar-refractivity contribution is 7.80. The standard InChI is InChI=1S/C26H32N4O2S.3ClH/c27-22(19-33)16-29-12-13-30(17-23(29)10-14-32-18-20-5-4-11-28-15-20)26(31)25-9-3-7-21-6-1-2-8-24(21)25;;;/h1-9,11,15,22-23,33H,10,12-14,16-19,27H2;3*1H/t22-,23?;;;/m1.../s1. The third kappa shape index (κ3) is 8.48. The summed E-state index contributed by atoms with van der Waals surface area (Å²) < 4.78 is 5.92. The monoisotopic (exact) mass is 572 g/mol. The summed E-state index contributed by atoms with van der Waals surface area (Å²) in [7, 11) is 0. The van der Waals surface area contributed by atoms with Crippen LogP contribution < -0.4 is 5.73 Å². The van der Waals surface area contributed by atoms with Crippen molar-refractivity contribution in [3.8, 4) is 0 Å². The van der Waals surface area contributed by atoms with Gasteiger partial charge in [-0.05, 0) is 34.9 Å². The van der Waals surface area contributed by atoms with Crippen LogP contribution in [0.25, 0.3) is 10.8 Å². The number of fused-ring (bicyclic) bond motifs is 1. The fourth-order valence-corrected chi connectivity index (χ4v) is 4.54. The first-order valence-electron chi connectivity index (χ1n) is 11.5. The number of aromatic nitrogens is 1. The number of piperazine rings is 1. The summed E-state index contributed by atoms with van der Waals surface area (Å²) in [6.07, 6.45) is 4.41. The van der Waals surface area contributed by atoms with Crippen LogP contribution in [-0.4, -0.2) is 71.3 Å². The number of hydrogen-bond acceptors (Lipinski definition) is 6. The lowest BCUT2D eigenvalue weighted by molar-refractivity contribution is 0.0317. The summed E-state index contributed by atoms with van der Waals surface area (Å²) in [5.41, 5.74) is 8.03. The number of pyridine rings is 1. The van der Waals surface area contributed by atoms with Gasteiger partial charge in [-0.15, -0.1) is 37.2 Å². The number of amides is 1. The maximum absolute atomic E-state index is 13.5. The van der Waals surface area contributed by atoms with Crippen LogP contribution in [-0.2, 0) is 11.3 Å². The maximum atomic E-state index is 13.5. The number of halogens is 3. The molecule has 0 bridgehead atoms. The second-order valence-electron chi connectivity index (χ2n) is 8.57. The fraction of sp³-hybridized carbons (Fsp3) is 0.385. The van der Waals surface area contributed by atoms with Gasteiger partial charge >= 0.3 is 0 Å². The molecule has 4 rings (SSSR count). The Kier molecular flexibility index (Phi) is 14.7. The van der Waals surface area contributed by atoms with Crippen LogP contribution in [0.15, 0.2) is 67.0 Å². The van der Waals surface area contributed by atoms with Gasteiger partial charge in [0.2, 0.25) is 0 Å². The van der Waals surface area contributed by atoms with Crippen molar-refractivity contribution in [2.45, 2.75) is 25.1 Å². The molecule has 1 aliphatic heterocycles. The zero-order valence-electron chi connectivity index (χ0n) is 20.1. The Balaban J connectivity index is 0.00000216. The first-order chi connectivity index (χ1) is 16.2. The van der Waals surface area contributed by atoms with Crippen LogP contribution in [0.5, 0.6) is 0 Å². The van der Waals surface area contributed by atoms with Crippen molar-refractivity contribution >= 4 is 66.5 Å². The van der Waals surface area contributed by atoms with Gasteiger partial charge in [0.05, 0.1) is 6.61 Å². The van der Waals surface area contributed by atoms with Gasteiger partial charge in [0.1, 0.15) is 0 Å². The van der Waals surface area contributed by atoms with Crippen molar-refractivity contribution in [2.75, 3.05) is 38.5 Å². The molecule has 2 N–H and O–H groups in total. The number of nitrogens with two attached hydrogens (primary N) is 1. The number of carbonyl (C=O) groups is 1. The van der Waals surface area contributed by atoms with Crippen LogP contribution >= 0.6 is 49.8 Å². The Labute approximate surface area is 237 Å². The van der Waals surface area contributed by atoms with Gasteiger partial charge in [-0.25, -0.2) is 0 Å². The Hall–Kier alpha value is -1.58. The van der Waals surface area contributed by atoms with E-state index in [9.17, 15) is 4.79 Å². The van der Waals surface area contributed by atoms with Gasteiger partial charge in [-0.3, -0.25) is 14.7 Å². The molecule has 198 valence electrons. The van der Waals surface area contributed by atoms with Crippen LogP contribution in [0.1, 0.15) is 22.3 Å². The van der Waals surface area contributed by atoms with Gasteiger partial charge in [-0.2, -0.15) is 12.6 Å². The van der Waals surface area contributed by atoms with E-state index in [4.69, 9.17) is 10.5 Å². The SMILES string of the molecule is Cl.Cl.Cl.N[C@@H](CS)CN1CCN(C(=O)c2cccc3ccccc23)CC1CCOCc1cccnc1. The molecular weight excluding hydrogens is 539 g/mol. The zero-order chi connectivity index (χ0) is 23.0. The average molecular weight is 574 g/mol. The Morgan fingerprint density at radius 3 is 2.61 bits per heavy atom. The number of rotatable bonds is 9. The van der Waals surface area contributed by atoms with E-state index >= 15 is 0 Å². The second kappa shape index (κ2) is 16.3. The molecule has 0 spiro atoms. The van der Waals surface area contributed by atoms with E-state index in [1.54, 1.807) is 6.20 Å². The van der Waals surface area contributed by atoms with E-state index in [0.717, 1.165) is 41.4 Å². The lowest BCUT2D eigenvalue weighted by Gasteiger charge is -2.42. The molecule has 1 aliphatic rings. The van der Waals surface area contributed by atoms with Gasteiger partial charge in [0.25, 0.3) is 5.91 Å². The van der Waals surface area contributed by atoms with Gasteiger partial charge in [-0.1, -0.05) is 42.5 Å². The molecule has 2 aromatic carbocycles. The second-order valence-corrected chi connectivity index (χ2v) is 8.94. The molecule has 1 unspecified atom stereocenters. The molecule has 1 saturated heterocycles. The average Bonchev–Trinajstić information content (AvgIpc) is 2.87. The Morgan fingerprint density at radius 1 is 1.08 bits per heavy atom. The lowest BCUT2D eigenvalue weighted by Crippen LogP contribution is -2.57. The number of hydrogen-bond donors (Lipinski definition) is 2. The van der Waals surface area contributed by atoms with Crippen LogP contribution in [0.4, 0.5) is 0 Å². The van der Waals surface area contributed by atoms with Gasteiger partial charge < -0.3 is 15.4 Å². The lowest BCUT2D eigenvalue weighted by atomic mass is 10.0. The van der Waals surface area contributed by atoms with Crippen molar-refractivity contribution in [2.24, 2.45) is 5.73 Å². The molecular formula is C26H35Cl3N4O2S. The third-order valence-electron chi connectivity index (χ3n) is 6.20. The molecule has 0 aliphatic carbocycles. The summed E-state index contributed by atoms with van der Waals surface area (Å²) in [6.45, 7) is 4.07. The summed E-state index contributed by atoms with van der Waals surface area (Å²) in [4.78, 5) is 22.0. The molecule has 0 radical (unpaired) electrons. The van der Waals surface area contributed by atoms with Crippen LogP contribution in [0, 0.1) is 0 Å². The molecule has 3 aromatic rings. The van der Waals surface area contributed by atoms with Crippen LogP contribution in [0.3, 0.4) is 0 Å². The molecule has 10 heteroatoms. The number of benzene rings is 2. The summed E-state index contributed by atoms with van der Waals surface area (Å²) >= 11 is 4.36. The van der Waals surface area contributed by atoms with Gasteiger partial charge in [0.15, 0.2) is 0 Å². The molecule has 6 nitrogen and oxygen atoms in total. The molecule has 2 heterocycles. The van der Waals surface area contributed by atoms with E-state index in [0.29, 0.717) is 32.1 Å². The minimum absolute atomic E-state index is 0. The van der Waals surface area contributed by atoms with Crippen molar-refractivity contribution in [1.29, 1.82) is 0 Å². The molecule has 36 heavy (non-hydrogen) atoms. The van der Waals surface area contributed by atoms with Crippen molar-refractivity contribution in [3.05, 3.63) is 78.1 Å². The maximum Gasteiger partial charge on any atom is 0.254 e. The molecule has 1 aromatic heterocycles. The topological polar surface area (TPSA) is 71.7 Å². The van der Waals surface area contributed by atoms with E-state index in [1.807, 2.05) is 65.7 Å². The summed E-state index contributed by atoms with van der Waals surface area (Å²) in [5.74, 6) is 0.727. The smallest absolute Gasteiger partial charge is 0.254 e. The molecule has 0 saturated carbocycles. The number of ether oxygens (including phenoxy) is 1. The minimum Gasteiger partial charge on any atom is -0.377 e. The quantitative estimate of drug-likeness (QED) is 0.292. The fourth-order valence-electron chi connectivity index (χ4n) is 4.43. The predicted octanol–water partition coefficient (Wildman–Crippen LogP) is 4.49. The largest absolute Gasteiger partial charge is 0.377 e. The van der Waals surface area contributed by atoms with E-state index in [-0.39, 0.29) is 55.2 Å². The first kappa shape index (κ1) is 32.4. The highest BCUT2D eigenvalue weighted by atomic mass is 35.5. The van der Waals surface area contributed by atoms with Crippen molar-refractivity contribution < 1.29 is 9.53 Å². The predicted molar refractivity (Wildman–Crippen MR) is 157 cm³/mol. The normalized spacial score (nSPS) is 16.4. The molecule has 1 amide bonds. The first-order valence-corrected chi connectivity index (χ1v) is 12.1. The Morgan fingerprint density at radius 2 is 1.86 bits per heavy atom. The highest BCUT2D eigenvalue weighted by Crippen LogP contribution is 2.22. The number of thiol groups is 1. The van der Waals surface area contributed by atoms with E-state index in [2.05, 4.69) is 22.5 Å². The van der Waals surface area contributed by atoms with E-state index < -0.39 is 0 Å². The Bertz CT molecular complexity index is 1060. The van der Waals surface area contributed by atoms with Crippen molar-refractivity contribution in [1.82, 2.24) is 14.8 Å². The summed E-state index contributed by atoms with van der Waals surface area (Å²) in [6, 6.07) is 18.1. The van der Waals surface area contributed by atoms with Crippen LogP contribution in [0.2, 0.25) is 0 Å². The number of nitrogens with zero attached hydrogens (tertiary/aromatic N) is 3. The molecule has 1 fully saturated rings. The zero-order valence-corrected chi connectivity index (χ0v) is 23.4. The van der Waals surface area contributed by atoms with E-state index in [1.165, 1.54) is 0 Å². The summed E-state index contributed by atoms with van der Waals surface area (Å²) in [5, 5.41) is 2.09. The number of carbonyl (C=O) groups excluding carboxylic acids is 1. The highest BCUT2D eigenvalue weighted by Gasteiger charge is 2.31. The minimum atomic E-state index is 0.